The molecule has 13 heavy (non-hydrogen) atoms. The lowest BCUT2D eigenvalue weighted by Crippen LogP contribution is -1.97. The van der Waals surface area contributed by atoms with Crippen LogP contribution in [0, 0.1) is 0 Å². The van der Waals surface area contributed by atoms with Crippen molar-refractivity contribution in [3.05, 3.63) is 42.7 Å². The second-order valence-corrected chi connectivity index (χ2v) is 2.44. The normalized spacial score (nSPS) is 9.85. The van der Waals surface area contributed by atoms with Crippen LogP contribution in [0.25, 0.3) is 0 Å². The predicted octanol–water partition coefficient (Wildman–Crippen LogP) is 1.65. The summed E-state index contributed by atoms with van der Waals surface area (Å²) in [4.78, 5) is 7.91. The maximum Gasteiger partial charge on any atom is 0.253 e. The number of rotatable bonds is 3. The Bertz CT molecular complexity index is 345. The number of hydrogen-bond acceptors (Lipinski definition) is 4. The molecule has 0 N–H and O–H groups in total. The fourth-order valence-corrected chi connectivity index (χ4v) is 0.904. The predicted molar refractivity (Wildman–Crippen MR) is 45.1 cm³/mol. The molecule has 0 radical (unpaired) electrons. The molecule has 2 heterocycles. The van der Waals surface area contributed by atoms with Gasteiger partial charge in [-0.05, 0) is 12.1 Å². The van der Waals surface area contributed by atoms with Crippen molar-refractivity contribution >= 4 is 0 Å². The second kappa shape index (κ2) is 3.71. The number of aromatic nitrogens is 2. The molecule has 0 spiro atoms. The fraction of sp³-hybridized carbons (Fsp3) is 0.111. The minimum absolute atomic E-state index is 0.410. The first-order chi connectivity index (χ1) is 6.45. The van der Waals surface area contributed by atoms with E-state index >= 15 is 0 Å². The maximum atomic E-state index is 5.26. The highest BCUT2D eigenvalue weighted by Gasteiger charge is 1.97. The van der Waals surface area contributed by atoms with Crippen molar-refractivity contribution in [1.82, 2.24) is 9.97 Å². The molecule has 2 rings (SSSR count). The Balaban J connectivity index is 1.94. The zero-order chi connectivity index (χ0) is 8.93. The van der Waals surface area contributed by atoms with Gasteiger partial charge in [0.2, 0.25) is 0 Å². The number of hydrogen-bond donors (Lipinski definition) is 0. The highest BCUT2D eigenvalue weighted by molar-refractivity contribution is 5.04. The number of oxazole rings is 1. The molecule has 0 atom stereocenters. The van der Waals surface area contributed by atoms with Crippen LogP contribution in [-0.2, 0) is 6.61 Å². The Hall–Kier alpha value is -1.84. The van der Waals surface area contributed by atoms with Gasteiger partial charge in [-0.15, -0.1) is 0 Å². The Morgan fingerprint density at radius 2 is 2.31 bits per heavy atom. The molecule has 66 valence electrons. The zero-order valence-electron chi connectivity index (χ0n) is 6.88. The number of ether oxygens (including phenoxy) is 1. The number of pyridine rings is 1. The summed E-state index contributed by atoms with van der Waals surface area (Å²) in [7, 11) is 0. The van der Waals surface area contributed by atoms with Crippen molar-refractivity contribution in [3.63, 3.8) is 0 Å². The van der Waals surface area contributed by atoms with Gasteiger partial charge in [0.15, 0.2) is 12.7 Å². The van der Waals surface area contributed by atoms with Crippen LogP contribution in [-0.4, -0.2) is 9.97 Å². The molecular weight excluding hydrogens is 168 g/mol. The Labute approximate surface area is 75.2 Å². The van der Waals surface area contributed by atoms with Crippen LogP contribution >= 0.6 is 0 Å². The molecule has 0 fully saturated rings. The van der Waals surface area contributed by atoms with E-state index in [2.05, 4.69) is 9.97 Å². The average molecular weight is 176 g/mol. The van der Waals surface area contributed by atoms with Gasteiger partial charge in [-0.2, -0.15) is 4.98 Å². The summed E-state index contributed by atoms with van der Waals surface area (Å²) in [5, 5.41) is 0. The molecular formula is C9H8N2O2. The van der Waals surface area contributed by atoms with Gasteiger partial charge in [0.05, 0.1) is 5.69 Å². The van der Waals surface area contributed by atoms with Gasteiger partial charge in [-0.25, -0.2) is 0 Å². The lowest BCUT2D eigenvalue weighted by molar-refractivity contribution is 0.288. The van der Waals surface area contributed by atoms with Gasteiger partial charge >= 0.3 is 0 Å². The van der Waals surface area contributed by atoms with Gasteiger partial charge in [0.1, 0.15) is 6.61 Å². The molecule has 2 aromatic rings. The van der Waals surface area contributed by atoms with E-state index in [0.717, 1.165) is 5.69 Å². The van der Waals surface area contributed by atoms with Crippen LogP contribution in [0.3, 0.4) is 0 Å². The molecule has 0 saturated heterocycles. The topological polar surface area (TPSA) is 48.2 Å². The van der Waals surface area contributed by atoms with Crippen LogP contribution in [0.5, 0.6) is 5.88 Å². The highest BCUT2D eigenvalue weighted by Crippen LogP contribution is 2.06. The Morgan fingerprint density at radius 3 is 3.00 bits per heavy atom. The third kappa shape index (κ3) is 2.05. The smallest absolute Gasteiger partial charge is 0.253 e. The van der Waals surface area contributed by atoms with E-state index in [0.29, 0.717) is 12.5 Å². The summed E-state index contributed by atoms with van der Waals surface area (Å²) in [6.45, 7) is 0.410. The Morgan fingerprint density at radius 1 is 1.31 bits per heavy atom. The summed E-state index contributed by atoms with van der Waals surface area (Å²) < 4.78 is 10.0. The standard InChI is InChI=1S/C9H8N2O2/c1-2-4-10-8(3-1)5-13-9-6-12-7-11-9/h1-4,6-7H,5H2. The molecule has 4 heteroatoms. The molecule has 2 aromatic heterocycles. The molecule has 0 aliphatic carbocycles. The summed E-state index contributed by atoms with van der Waals surface area (Å²) in [6.07, 6.45) is 4.50. The molecule has 0 saturated carbocycles. The minimum atomic E-state index is 0.410. The van der Waals surface area contributed by atoms with E-state index in [1.165, 1.54) is 12.7 Å². The largest absolute Gasteiger partial charge is 0.469 e. The van der Waals surface area contributed by atoms with E-state index in [9.17, 15) is 0 Å². The molecule has 0 aliphatic heterocycles. The first-order valence-corrected chi connectivity index (χ1v) is 3.86. The monoisotopic (exact) mass is 176 g/mol. The molecule has 0 aliphatic rings. The fourth-order valence-electron chi connectivity index (χ4n) is 0.904. The van der Waals surface area contributed by atoms with Gasteiger partial charge < -0.3 is 9.15 Å². The molecule has 0 unspecified atom stereocenters. The van der Waals surface area contributed by atoms with Crippen LogP contribution in [0.1, 0.15) is 5.69 Å². The Kier molecular flexibility index (Phi) is 2.22. The van der Waals surface area contributed by atoms with Crippen molar-refractivity contribution in [2.24, 2.45) is 0 Å². The molecule has 0 bridgehead atoms. The molecule has 0 aromatic carbocycles. The van der Waals surface area contributed by atoms with Crippen molar-refractivity contribution in [1.29, 1.82) is 0 Å². The van der Waals surface area contributed by atoms with E-state index in [-0.39, 0.29) is 0 Å². The van der Waals surface area contributed by atoms with Gasteiger partial charge in [0, 0.05) is 6.20 Å². The highest BCUT2D eigenvalue weighted by atomic mass is 16.5. The third-order valence-corrected chi connectivity index (χ3v) is 1.50. The van der Waals surface area contributed by atoms with E-state index in [1.54, 1.807) is 6.20 Å². The van der Waals surface area contributed by atoms with Gasteiger partial charge in [-0.3, -0.25) is 4.98 Å². The van der Waals surface area contributed by atoms with E-state index < -0.39 is 0 Å². The van der Waals surface area contributed by atoms with Gasteiger partial charge in [-0.1, -0.05) is 6.07 Å². The van der Waals surface area contributed by atoms with Crippen molar-refractivity contribution in [2.75, 3.05) is 0 Å². The first-order valence-electron chi connectivity index (χ1n) is 3.86. The summed E-state index contributed by atoms with van der Waals surface area (Å²) in [5.74, 6) is 0.477. The number of nitrogens with zero attached hydrogens (tertiary/aromatic N) is 2. The summed E-state index contributed by atoms with van der Waals surface area (Å²) >= 11 is 0. The molecule has 4 nitrogen and oxygen atoms in total. The maximum absolute atomic E-state index is 5.26. The van der Waals surface area contributed by atoms with Crippen molar-refractivity contribution < 1.29 is 9.15 Å². The third-order valence-electron chi connectivity index (χ3n) is 1.50. The van der Waals surface area contributed by atoms with Crippen LogP contribution in [0.15, 0.2) is 41.5 Å². The van der Waals surface area contributed by atoms with Crippen molar-refractivity contribution in [2.45, 2.75) is 6.61 Å². The first kappa shape index (κ1) is 7.79. The average Bonchev–Trinajstić information content (AvgIpc) is 2.69. The lowest BCUT2D eigenvalue weighted by Gasteiger charge is -1.99. The van der Waals surface area contributed by atoms with Crippen LogP contribution in [0.2, 0.25) is 0 Å². The van der Waals surface area contributed by atoms with E-state index in [1.807, 2.05) is 18.2 Å². The summed E-state index contributed by atoms with van der Waals surface area (Å²) in [6, 6.07) is 5.66. The van der Waals surface area contributed by atoms with E-state index in [4.69, 9.17) is 9.15 Å². The second-order valence-electron chi connectivity index (χ2n) is 2.44. The minimum Gasteiger partial charge on any atom is -0.469 e. The van der Waals surface area contributed by atoms with Crippen molar-refractivity contribution in [3.8, 4) is 5.88 Å². The summed E-state index contributed by atoms with van der Waals surface area (Å²) in [5.41, 5.74) is 0.866. The van der Waals surface area contributed by atoms with Crippen LogP contribution < -0.4 is 4.74 Å². The lowest BCUT2D eigenvalue weighted by atomic mass is 10.4. The molecule has 0 amide bonds. The zero-order valence-corrected chi connectivity index (χ0v) is 6.88. The quantitative estimate of drug-likeness (QED) is 0.713. The van der Waals surface area contributed by atoms with Crippen LogP contribution in [0.4, 0.5) is 0 Å². The van der Waals surface area contributed by atoms with Gasteiger partial charge in [0.25, 0.3) is 5.88 Å². The SMILES string of the molecule is c1ccc(COc2cocn2)nc1.